The maximum absolute atomic E-state index is 14.1. The molecule has 2 N–H and O–H groups in total. The van der Waals surface area contributed by atoms with E-state index in [0.29, 0.717) is 81.7 Å². The van der Waals surface area contributed by atoms with Gasteiger partial charge in [-0.25, -0.2) is 29.1 Å². The fourth-order valence-corrected chi connectivity index (χ4v) is 10.6. The van der Waals surface area contributed by atoms with E-state index in [1.807, 2.05) is 113 Å². The molecule has 8 bridgehead atoms. The number of hydrogen-bond donors (Lipinski definition) is 2. The number of benzene rings is 6. The van der Waals surface area contributed by atoms with Gasteiger partial charge >= 0.3 is 23.9 Å². The zero-order valence-corrected chi connectivity index (χ0v) is 45.5. The minimum Gasteiger partial charge on any atom is -0.462 e. The van der Waals surface area contributed by atoms with Crippen LogP contribution in [0.15, 0.2) is 146 Å². The van der Waals surface area contributed by atoms with E-state index in [9.17, 15) is 19.2 Å². The van der Waals surface area contributed by atoms with Crippen molar-refractivity contribution in [1.82, 2.24) is 19.9 Å². The molecule has 11 rings (SSSR count). The molecule has 5 heterocycles. The van der Waals surface area contributed by atoms with Gasteiger partial charge in [0, 0.05) is 66.0 Å². The van der Waals surface area contributed by atoms with E-state index >= 15 is 0 Å². The van der Waals surface area contributed by atoms with Gasteiger partial charge in [-0.3, -0.25) is 0 Å². The lowest BCUT2D eigenvalue weighted by Crippen LogP contribution is -2.11. The molecule has 0 spiro atoms. The van der Waals surface area contributed by atoms with Gasteiger partial charge in [0.2, 0.25) is 0 Å². The number of unbranched alkanes of at least 4 members (excludes halogenated alkanes) is 4. The summed E-state index contributed by atoms with van der Waals surface area (Å²) in [5.74, 6) is -2.19. The number of rotatable bonds is 18. The van der Waals surface area contributed by atoms with Crippen molar-refractivity contribution < 1.29 is 38.1 Å². The van der Waals surface area contributed by atoms with Gasteiger partial charge < -0.3 is 28.9 Å². The molecular weight excluding hydrogens is 1000 g/mol. The van der Waals surface area contributed by atoms with E-state index in [2.05, 4.69) is 34.2 Å². The minimum absolute atomic E-state index is 0.211. The summed E-state index contributed by atoms with van der Waals surface area (Å²) in [5.41, 5.74) is 12.1. The lowest BCUT2D eigenvalue weighted by atomic mass is 9.93. The van der Waals surface area contributed by atoms with Crippen LogP contribution in [0.3, 0.4) is 0 Å². The molecule has 2 aliphatic rings. The first-order chi connectivity index (χ1) is 39.2. The normalized spacial score (nSPS) is 11.6. The Bertz CT molecular complexity index is 3730. The predicted octanol–water partition coefficient (Wildman–Crippen LogP) is 16.5. The summed E-state index contributed by atoms with van der Waals surface area (Å²) in [5, 5.41) is 3.50. The van der Waals surface area contributed by atoms with Crippen LogP contribution >= 0.6 is 0 Å². The van der Waals surface area contributed by atoms with Gasteiger partial charge in [-0.05, 0) is 85.3 Å². The SMILES string of the molecule is CCCCOC(=O)c1cc(C(=O)OCCCC)cc(-c2c3nc(cc4[nH]c(c(-c5cc(C(=O)OCCCC)cc(C(=O)OCCCC)c5)c5nc(cc6[nH]c2c2ccccc62)-c2ccccc2-5)c2ccccc42)-c2ccccc2-3)c1. The number of carbonyl (C=O) groups excluding carboxylic acids is 4. The number of aromatic nitrogens is 4. The molecule has 0 amide bonds. The topological polar surface area (TPSA) is 163 Å². The van der Waals surface area contributed by atoms with Gasteiger partial charge in [-0.1, -0.05) is 150 Å². The average Bonchev–Trinajstić information content (AvgIpc) is 4.31. The minimum atomic E-state index is -0.547. The van der Waals surface area contributed by atoms with Crippen molar-refractivity contribution in [1.29, 1.82) is 0 Å². The number of nitrogens with one attached hydrogen (secondary N) is 2. The standard InChI is InChI=1S/C68H62N4O8/c1-5-9-29-77-65(73)43-33-41(34-44(37-43)66(74)78-30-10-6-2)59-61-51-25-17-13-21-47(51)55(69-61)39-57-49-23-15-19-27-53(49)63(71-57)60(42-35-45(67(75)79-31-11-7-3)38-46(36-42)68(76)80-32-12-8-4)64-54-28-20-16-24-50(54)58(72-64)40-56-48-22-14-18-26-52(48)62(59)70-56/h13-28,33-40,69,72H,5-12,29-32H2,1-4H3. The number of nitrogens with zero attached hydrogens (tertiary/aromatic N) is 2. The summed E-state index contributed by atoms with van der Waals surface area (Å²) in [4.78, 5) is 75.2. The molecule has 6 aromatic carbocycles. The monoisotopic (exact) mass is 1060 g/mol. The van der Waals surface area contributed by atoms with Crippen molar-refractivity contribution in [2.75, 3.05) is 26.4 Å². The van der Waals surface area contributed by atoms with Crippen molar-refractivity contribution >= 4 is 67.5 Å². The van der Waals surface area contributed by atoms with Gasteiger partial charge in [0.1, 0.15) is 0 Å². The molecule has 402 valence electrons. The van der Waals surface area contributed by atoms with E-state index in [4.69, 9.17) is 28.9 Å². The highest BCUT2D eigenvalue weighted by Gasteiger charge is 2.28. The lowest BCUT2D eigenvalue weighted by molar-refractivity contribution is 0.0480. The molecule has 0 radical (unpaired) electrons. The summed E-state index contributed by atoms with van der Waals surface area (Å²) in [6.07, 6.45) is 6.13. The van der Waals surface area contributed by atoms with E-state index in [1.165, 1.54) is 0 Å². The number of H-pyrrole nitrogens is 2. The van der Waals surface area contributed by atoms with Gasteiger partial charge in [-0.2, -0.15) is 0 Å². The summed E-state index contributed by atoms with van der Waals surface area (Å²) in [6.45, 7) is 9.06. The van der Waals surface area contributed by atoms with E-state index in [0.717, 1.165) is 80.5 Å². The second-order valence-electron chi connectivity index (χ2n) is 20.3. The van der Waals surface area contributed by atoms with Crippen LogP contribution in [0.5, 0.6) is 0 Å². The van der Waals surface area contributed by atoms with Crippen LogP contribution < -0.4 is 0 Å². The Morgan fingerprint density at radius 2 is 0.675 bits per heavy atom. The summed E-state index contributed by atoms with van der Waals surface area (Å²) >= 11 is 0. The first-order valence-electron chi connectivity index (χ1n) is 27.9. The molecule has 0 fully saturated rings. The highest BCUT2D eigenvalue weighted by molar-refractivity contribution is 6.17. The molecule has 12 heteroatoms. The van der Waals surface area contributed by atoms with E-state index in [-0.39, 0.29) is 48.7 Å². The molecule has 3 aromatic heterocycles. The number of aromatic amines is 2. The van der Waals surface area contributed by atoms with Crippen molar-refractivity contribution in [3.8, 4) is 67.3 Å². The molecule has 0 aliphatic carbocycles. The predicted molar refractivity (Wildman–Crippen MR) is 317 cm³/mol. The third-order valence-electron chi connectivity index (χ3n) is 14.7. The van der Waals surface area contributed by atoms with Crippen molar-refractivity contribution in [2.45, 2.75) is 79.1 Å². The van der Waals surface area contributed by atoms with Crippen molar-refractivity contribution in [3.63, 3.8) is 0 Å². The summed E-state index contributed by atoms with van der Waals surface area (Å²) in [7, 11) is 0. The van der Waals surface area contributed by atoms with Crippen molar-refractivity contribution in [3.05, 3.63) is 168 Å². The number of esters is 4. The van der Waals surface area contributed by atoms with Gasteiger partial charge in [-0.15, -0.1) is 0 Å². The molecule has 0 atom stereocenters. The summed E-state index contributed by atoms with van der Waals surface area (Å²) in [6, 6.07) is 46.6. The van der Waals surface area contributed by atoms with Crippen LogP contribution in [0.4, 0.5) is 0 Å². The maximum Gasteiger partial charge on any atom is 0.338 e. The van der Waals surface area contributed by atoms with Crippen LogP contribution in [0.2, 0.25) is 0 Å². The molecule has 0 saturated heterocycles. The molecule has 2 aliphatic heterocycles. The quantitative estimate of drug-likeness (QED) is 0.0480. The Balaban J connectivity index is 1.29. The van der Waals surface area contributed by atoms with Crippen LogP contribution in [-0.2, 0) is 18.9 Å². The molecule has 0 saturated carbocycles. The Morgan fingerprint density at radius 3 is 1.00 bits per heavy atom. The third-order valence-corrected chi connectivity index (χ3v) is 14.7. The van der Waals surface area contributed by atoms with Crippen LogP contribution in [-0.4, -0.2) is 70.2 Å². The van der Waals surface area contributed by atoms with Crippen LogP contribution in [0.1, 0.15) is 120 Å². The maximum atomic E-state index is 14.1. The average molecular weight is 1060 g/mol. The molecule has 9 aromatic rings. The zero-order valence-electron chi connectivity index (χ0n) is 45.5. The molecule has 0 unspecified atom stereocenters. The van der Waals surface area contributed by atoms with Crippen LogP contribution in [0.25, 0.3) is 111 Å². The Morgan fingerprint density at radius 1 is 0.375 bits per heavy atom. The molecular formula is C68H62N4O8. The molecule has 80 heavy (non-hydrogen) atoms. The number of carbonyl (C=O) groups is 4. The second kappa shape index (κ2) is 23.4. The number of fused-ring (bicyclic) bond motifs is 20. The van der Waals surface area contributed by atoms with E-state index in [1.54, 1.807) is 36.4 Å². The number of ether oxygens (including phenoxy) is 4. The summed E-state index contributed by atoms with van der Waals surface area (Å²) < 4.78 is 23.3. The van der Waals surface area contributed by atoms with E-state index < -0.39 is 23.9 Å². The highest BCUT2D eigenvalue weighted by Crippen LogP contribution is 2.48. The Labute approximate surface area is 464 Å². The smallest absolute Gasteiger partial charge is 0.338 e. The Kier molecular flexibility index (Phi) is 15.5. The van der Waals surface area contributed by atoms with Crippen molar-refractivity contribution in [2.24, 2.45) is 0 Å². The first kappa shape index (κ1) is 52.9. The van der Waals surface area contributed by atoms with Crippen LogP contribution in [0, 0.1) is 0 Å². The second-order valence-corrected chi connectivity index (χ2v) is 20.3. The number of hydrogen-bond acceptors (Lipinski definition) is 10. The van der Waals surface area contributed by atoms with Gasteiger partial charge in [0.05, 0.1) is 82.5 Å². The lowest BCUT2D eigenvalue weighted by Gasteiger charge is -2.12. The third kappa shape index (κ3) is 10.4. The first-order valence-corrected chi connectivity index (χ1v) is 27.9. The highest BCUT2D eigenvalue weighted by atomic mass is 16.5. The van der Waals surface area contributed by atoms with Gasteiger partial charge in [0.15, 0.2) is 0 Å². The zero-order chi connectivity index (χ0) is 55.3. The Hall–Kier alpha value is -9.16. The fraction of sp³-hybridized carbons (Fsp3) is 0.235. The largest absolute Gasteiger partial charge is 0.462 e. The molecule has 12 nitrogen and oxygen atoms in total. The fourth-order valence-electron chi connectivity index (χ4n) is 10.6. The van der Waals surface area contributed by atoms with Gasteiger partial charge in [0.25, 0.3) is 0 Å².